The van der Waals surface area contributed by atoms with E-state index in [0.29, 0.717) is 111 Å². The number of likely N-dealkylation sites (N-methyl/N-ethyl adjacent to an activating group) is 2. The number of nitrogens with zero attached hydrogens (tertiary/aromatic N) is 4. The summed E-state index contributed by atoms with van der Waals surface area (Å²) >= 11 is 7.56. The Balaban J connectivity index is 0.725. The van der Waals surface area contributed by atoms with Gasteiger partial charge in [-0.2, -0.15) is 0 Å². The third-order valence-corrected chi connectivity index (χ3v) is 19.9. The fourth-order valence-corrected chi connectivity index (χ4v) is 13.7. The first-order valence-electron chi connectivity index (χ1n) is 36.5. The van der Waals surface area contributed by atoms with Crippen LogP contribution in [0.1, 0.15) is 75.1 Å². The zero-order valence-corrected chi connectivity index (χ0v) is 63.8. The number of alkyl halides is 1. The molecule has 9 amide bonds. The number of halogens is 1. The predicted octanol–water partition coefficient (Wildman–Crippen LogP) is 4.67. The molecule has 6 aromatic rings. The quantitative estimate of drug-likeness (QED) is 0.0184. The number of ether oxygens (including phenoxy) is 10. The van der Waals surface area contributed by atoms with Crippen molar-refractivity contribution in [2.24, 2.45) is 17.4 Å². The topological polar surface area (TPSA) is 440 Å². The molecular formula is C76H97ClN10O23S. The second-order valence-corrected chi connectivity index (χ2v) is 28.1. The molecule has 0 radical (unpaired) electrons. The summed E-state index contributed by atoms with van der Waals surface area (Å²) < 4.78 is 55.9. The Kier molecular flexibility index (Phi) is 32.6. The number of benzene rings is 5. The molecule has 1 aromatic heterocycles. The van der Waals surface area contributed by atoms with Crippen molar-refractivity contribution in [3.05, 3.63) is 124 Å². The van der Waals surface area contributed by atoms with E-state index in [-0.39, 0.29) is 117 Å². The van der Waals surface area contributed by atoms with Gasteiger partial charge < -0.3 is 120 Å². The molecule has 5 aromatic carbocycles. The maximum atomic E-state index is 14.7. The molecule has 0 aliphatic carbocycles. The normalized spacial score (nSPS) is 17.7. The number of carboxylic acid groups (broad SMARTS) is 1. The summed E-state index contributed by atoms with van der Waals surface area (Å²) in [4.78, 5) is 127. The predicted molar refractivity (Wildman–Crippen MR) is 408 cm³/mol. The average Bonchev–Trinajstić information content (AvgIpc) is 1.63. The van der Waals surface area contributed by atoms with Crippen molar-refractivity contribution < 1.29 is 111 Å². The molecule has 3 aliphatic rings. The Morgan fingerprint density at radius 3 is 1.80 bits per heavy atom. The summed E-state index contributed by atoms with van der Waals surface area (Å²) in [5.74, 6) is -4.45. The number of hydrogen-bond donors (Lipinski definition) is 10. The summed E-state index contributed by atoms with van der Waals surface area (Å²) in [6.07, 6.45) is -10.1. The monoisotopic (exact) mass is 1580 g/mol. The molecule has 1 fully saturated rings. The van der Waals surface area contributed by atoms with Crippen molar-refractivity contribution in [3.8, 4) is 11.5 Å². The van der Waals surface area contributed by atoms with Gasteiger partial charge in [0.15, 0.2) is 6.10 Å². The average molecular weight is 1590 g/mol. The van der Waals surface area contributed by atoms with Gasteiger partial charge in [0.2, 0.25) is 24.0 Å². The van der Waals surface area contributed by atoms with Crippen LogP contribution in [0.25, 0.3) is 21.5 Å². The summed E-state index contributed by atoms with van der Waals surface area (Å²) in [7, 11) is 3.01. The van der Waals surface area contributed by atoms with E-state index in [9.17, 15) is 63.6 Å². The molecule has 0 bridgehead atoms. The van der Waals surface area contributed by atoms with Crippen molar-refractivity contribution in [1.29, 1.82) is 0 Å². The van der Waals surface area contributed by atoms with Crippen molar-refractivity contribution in [2.45, 2.75) is 94.8 Å². The van der Waals surface area contributed by atoms with Crippen molar-refractivity contribution in [3.63, 3.8) is 0 Å². The van der Waals surface area contributed by atoms with Crippen LogP contribution in [0, 0.1) is 5.92 Å². The number of hydrogen-bond acceptors (Lipinski definition) is 24. The van der Waals surface area contributed by atoms with E-state index < -0.39 is 96.5 Å². The largest absolute Gasteiger partial charge is 0.479 e. The third-order valence-electron chi connectivity index (χ3n) is 18.5. The van der Waals surface area contributed by atoms with Gasteiger partial charge in [0.25, 0.3) is 11.8 Å². The smallest absolute Gasteiger partial charge is 0.415 e. The van der Waals surface area contributed by atoms with Gasteiger partial charge in [0.1, 0.15) is 48.5 Å². The molecule has 3 aliphatic heterocycles. The number of aliphatic hydroxyl groups excluding tert-OH is 3. The molecule has 9 rings (SSSR count). The number of carboxylic acids is 1. The number of rotatable bonds is 42. The molecule has 33 nitrogen and oxygen atoms in total. The number of anilines is 3. The molecule has 8 atom stereocenters. The number of thiophene rings is 1. The second-order valence-electron chi connectivity index (χ2n) is 26.7. The maximum absolute atomic E-state index is 14.7. The minimum Gasteiger partial charge on any atom is -0.479 e. The molecule has 4 heterocycles. The summed E-state index contributed by atoms with van der Waals surface area (Å²) in [5, 5.41) is 54.8. The molecular weight excluding hydrogens is 1490 g/mol. The molecule has 0 saturated carbocycles. The zero-order chi connectivity index (χ0) is 79.7. The molecule has 111 heavy (non-hydrogen) atoms. The maximum Gasteiger partial charge on any atom is 0.415 e. The van der Waals surface area contributed by atoms with Crippen LogP contribution in [0.5, 0.6) is 11.5 Å². The van der Waals surface area contributed by atoms with Crippen molar-refractivity contribution in [2.75, 3.05) is 154 Å². The molecule has 35 heteroatoms. The number of nitrogens with two attached hydrogens (primary N) is 2. The van der Waals surface area contributed by atoms with E-state index in [1.807, 2.05) is 12.1 Å². The highest BCUT2D eigenvalue weighted by atomic mass is 35.5. The van der Waals surface area contributed by atoms with Crippen LogP contribution in [0.2, 0.25) is 0 Å². The van der Waals surface area contributed by atoms with Gasteiger partial charge in [-0.3, -0.25) is 24.0 Å². The van der Waals surface area contributed by atoms with Crippen LogP contribution in [-0.2, 0) is 70.1 Å². The van der Waals surface area contributed by atoms with Gasteiger partial charge in [0.05, 0.1) is 100 Å². The van der Waals surface area contributed by atoms with Crippen LogP contribution >= 0.6 is 22.9 Å². The fraction of sp³-hybridized carbons (Fsp3) is 0.487. The van der Waals surface area contributed by atoms with Crippen molar-refractivity contribution in [1.82, 2.24) is 25.8 Å². The first-order chi connectivity index (χ1) is 53.5. The lowest BCUT2D eigenvalue weighted by atomic mass is 9.95. The number of nitrogens with one attached hydrogen (secondary N) is 4. The number of aliphatic hydroxyl groups is 3. The van der Waals surface area contributed by atoms with E-state index in [2.05, 4.69) is 21.3 Å². The standard InChI is InChI=1S/C76H97ClN10O23S/c1-45(2)63(83-61(88)22-28-101-30-32-103-34-36-105-38-39-106-37-35-104-33-31-102-29-23-78)69(93)82-54(14-9-24-80-74(79)98)68(92)81-48-17-15-46(16-18-48)44-107-75(99)84(3)26-27-85(4)76(100)109-58-40-55-50(49-10-5-6-11-51(49)58)21-25-86(55)70(94)59-19-20-60(111-59)71(95)87-43-47(42-77)62-53-13-8-7-12-52(53)57(41-56(62)87)108-73-66(91)64(89)65(90)67(110-73)72(96)97/h5-8,10-13,15-20,40-41,45,47,54,63-67,73,89-91H,9,14,21-39,42-44,78H2,1-4H3,(H,81,92)(H,82,93)(H,83,88)(H,96,97)(H3,79,80,98)/t47-,54+,63?,64?,65?,66+,67?,73-/m1/s1. The van der Waals surface area contributed by atoms with E-state index >= 15 is 0 Å². The van der Waals surface area contributed by atoms with Crippen molar-refractivity contribution >= 4 is 115 Å². The first kappa shape index (κ1) is 85.6. The fourth-order valence-electron chi connectivity index (χ4n) is 12.6. The number of carbonyl (C=O) groups excluding carboxylic acids is 8. The molecule has 12 N–H and O–H groups in total. The zero-order valence-electron chi connectivity index (χ0n) is 62.2. The van der Waals surface area contributed by atoms with Crippen LogP contribution in [-0.4, -0.2) is 265 Å². The molecule has 0 spiro atoms. The van der Waals surface area contributed by atoms with E-state index in [4.69, 9.17) is 70.4 Å². The number of carbonyl (C=O) groups is 9. The van der Waals surface area contributed by atoms with Gasteiger partial charge in [-0.1, -0.05) is 74.5 Å². The minimum atomic E-state index is -1.95. The van der Waals surface area contributed by atoms with E-state index in [1.54, 1.807) is 104 Å². The Labute approximate surface area is 649 Å². The van der Waals surface area contributed by atoms with Crippen LogP contribution in [0.4, 0.5) is 31.4 Å². The number of aliphatic carboxylic acids is 1. The second kappa shape index (κ2) is 42.3. The number of amides is 9. The van der Waals surface area contributed by atoms with Crippen LogP contribution in [0.3, 0.4) is 0 Å². The van der Waals surface area contributed by atoms with Gasteiger partial charge in [-0.25, -0.2) is 19.2 Å². The Bertz CT molecular complexity index is 4180. The highest BCUT2D eigenvalue weighted by molar-refractivity contribution is 7.16. The lowest BCUT2D eigenvalue weighted by Crippen LogP contribution is -2.61. The number of urea groups is 1. The Hall–Kier alpha value is -9.40. The van der Waals surface area contributed by atoms with Crippen LogP contribution < -0.4 is 52.0 Å². The lowest BCUT2D eigenvalue weighted by molar-refractivity contribution is -0.270. The summed E-state index contributed by atoms with van der Waals surface area (Å²) in [6.45, 7) is 8.79. The molecule has 1 saturated heterocycles. The highest BCUT2D eigenvalue weighted by Crippen LogP contribution is 2.48. The van der Waals surface area contributed by atoms with Gasteiger partial charge in [-0.15, -0.1) is 22.9 Å². The Morgan fingerprint density at radius 2 is 1.22 bits per heavy atom. The molecule has 4 unspecified atom stereocenters. The van der Waals surface area contributed by atoms with E-state index in [0.717, 1.165) is 27.8 Å². The van der Waals surface area contributed by atoms with Crippen LogP contribution in [0.15, 0.2) is 97.1 Å². The Morgan fingerprint density at radius 1 is 0.658 bits per heavy atom. The van der Waals surface area contributed by atoms with Gasteiger partial charge >= 0.3 is 24.2 Å². The minimum absolute atomic E-state index is 0.0177. The molecule has 602 valence electrons. The van der Waals surface area contributed by atoms with E-state index in [1.165, 1.54) is 28.8 Å². The summed E-state index contributed by atoms with van der Waals surface area (Å²) in [5.41, 5.74) is 14.0. The highest BCUT2D eigenvalue weighted by Gasteiger charge is 2.49. The summed E-state index contributed by atoms with van der Waals surface area (Å²) in [6, 6.07) is 24.2. The number of fused-ring (bicyclic) bond motifs is 6. The SMILES string of the molecule is CC(C)C(NC(=O)CCOCCOCCOCCOCCOCCOCCN)C(=O)N[C@@H](CCCNC(N)=O)C(=O)Nc1ccc(COC(=O)N(C)CCN(C)C(=O)Oc2cc3c(c4ccccc24)CCN3C(=O)c2ccc(C(=O)N3C[C@@H](CCl)c4c3cc(O[C@@H]3OC(C(=O)O)C(O)C(O)[C@@H]3O)c3ccccc43)s2)cc1. The third kappa shape index (κ3) is 23.4. The first-order valence-corrected chi connectivity index (χ1v) is 37.8. The van der Waals surface area contributed by atoms with Gasteiger partial charge in [-0.05, 0) is 76.9 Å². The van der Waals surface area contributed by atoms with Gasteiger partial charge in [0, 0.05) is 100 Å². The lowest BCUT2D eigenvalue weighted by Gasteiger charge is -2.38. The number of primary amides is 1.